The zero-order valence-corrected chi connectivity index (χ0v) is 22.3. The van der Waals surface area contributed by atoms with Crippen molar-refractivity contribution in [1.82, 2.24) is 24.6 Å². The molecule has 1 aliphatic heterocycles. The normalized spacial score (nSPS) is 19.9. The van der Waals surface area contributed by atoms with Gasteiger partial charge in [0.1, 0.15) is 11.4 Å². The summed E-state index contributed by atoms with van der Waals surface area (Å²) in [5.74, 6) is 2.49. The number of hydrogen-bond donors (Lipinski definition) is 0. The standard InChI is InChI=1S/C28H34ClN5O2/c1-5-22-7-6-8-23(30-22)18-9-11-19(12-10-18)26-32-31-25-17-33(27(35)36-28(2,3)4)16-20-15-21(29)13-14-24(20)34(25)26/h6-8,13-15,18-19H,5,9-12,16-17H2,1-4H3. The molecule has 1 fully saturated rings. The van der Waals surface area contributed by atoms with Crippen molar-refractivity contribution in [2.24, 2.45) is 0 Å². The SMILES string of the molecule is CCc1cccc(C2CCC(c3nnc4n3-c3ccc(Cl)cc3CN(C(=O)OC(C)(C)C)C4)CC2)n1. The van der Waals surface area contributed by atoms with E-state index in [0.717, 1.165) is 60.7 Å². The summed E-state index contributed by atoms with van der Waals surface area (Å²) < 4.78 is 7.83. The zero-order chi connectivity index (χ0) is 25.4. The third kappa shape index (κ3) is 5.12. The fourth-order valence-electron chi connectivity index (χ4n) is 5.32. The molecule has 0 bridgehead atoms. The number of rotatable bonds is 3. The van der Waals surface area contributed by atoms with E-state index < -0.39 is 5.60 Å². The molecule has 0 N–H and O–H groups in total. The van der Waals surface area contributed by atoms with Gasteiger partial charge in [-0.25, -0.2) is 4.79 Å². The second kappa shape index (κ2) is 9.85. The van der Waals surface area contributed by atoms with Crippen molar-refractivity contribution in [1.29, 1.82) is 0 Å². The molecule has 0 spiro atoms. The Bertz CT molecular complexity index is 1260. The predicted molar refractivity (Wildman–Crippen MR) is 139 cm³/mol. The lowest BCUT2D eigenvalue weighted by Crippen LogP contribution is -2.35. The Labute approximate surface area is 217 Å². The van der Waals surface area contributed by atoms with Gasteiger partial charge in [0.15, 0.2) is 5.82 Å². The Morgan fingerprint density at radius 3 is 2.53 bits per heavy atom. The number of amides is 1. The predicted octanol–water partition coefficient (Wildman–Crippen LogP) is 6.57. The molecule has 0 unspecified atom stereocenters. The number of carbonyl (C=O) groups excluding carboxylic acids is 1. The second-order valence-corrected chi connectivity index (χ2v) is 11.3. The van der Waals surface area contributed by atoms with Gasteiger partial charge in [-0.15, -0.1) is 10.2 Å². The molecule has 1 saturated carbocycles. The minimum atomic E-state index is -0.580. The molecule has 1 aromatic carbocycles. The van der Waals surface area contributed by atoms with E-state index in [1.54, 1.807) is 4.90 Å². The van der Waals surface area contributed by atoms with E-state index in [1.165, 1.54) is 5.69 Å². The van der Waals surface area contributed by atoms with Gasteiger partial charge in [0.25, 0.3) is 0 Å². The van der Waals surface area contributed by atoms with Gasteiger partial charge in [-0.2, -0.15) is 0 Å². The number of nitrogens with zero attached hydrogens (tertiary/aromatic N) is 5. The van der Waals surface area contributed by atoms with Crippen molar-refractivity contribution in [3.05, 3.63) is 70.0 Å². The van der Waals surface area contributed by atoms with E-state index in [9.17, 15) is 4.79 Å². The molecule has 0 saturated heterocycles. The van der Waals surface area contributed by atoms with E-state index in [0.29, 0.717) is 29.9 Å². The first kappa shape index (κ1) is 24.8. The second-order valence-electron chi connectivity index (χ2n) is 10.9. The highest BCUT2D eigenvalue weighted by Crippen LogP contribution is 2.41. The largest absolute Gasteiger partial charge is 0.444 e. The maximum atomic E-state index is 13.0. The van der Waals surface area contributed by atoms with Crippen LogP contribution in [0.3, 0.4) is 0 Å². The molecule has 2 aromatic heterocycles. The number of fused-ring (bicyclic) bond motifs is 3. The fourth-order valence-corrected chi connectivity index (χ4v) is 5.51. The highest BCUT2D eigenvalue weighted by Gasteiger charge is 2.33. The number of pyridine rings is 1. The minimum absolute atomic E-state index is 0.300. The summed E-state index contributed by atoms with van der Waals surface area (Å²) in [5.41, 5.74) is 3.73. The molecule has 190 valence electrons. The molecular formula is C28H34ClN5O2. The van der Waals surface area contributed by atoms with Gasteiger partial charge in [-0.05, 0) is 88.8 Å². The summed E-state index contributed by atoms with van der Waals surface area (Å²) in [5, 5.41) is 9.86. The van der Waals surface area contributed by atoms with E-state index >= 15 is 0 Å². The van der Waals surface area contributed by atoms with Crippen LogP contribution < -0.4 is 0 Å². The Hall–Kier alpha value is -2.93. The molecule has 2 aliphatic rings. The quantitative estimate of drug-likeness (QED) is 0.401. The Balaban J connectivity index is 1.42. The Kier molecular flexibility index (Phi) is 6.77. The van der Waals surface area contributed by atoms with Crippen LogP contribution in [0.15, 0.2) is 36.4 Å². The van der Waals surface area contributed by atoms with Gasteiger partial charge in [0.05, 0.1) is 18.8 Å². The third-order valence-corrected chi connectivity index (χ3v) is 7.32. The highest BCUT2D eigenvalue weighted by molar-refractivity contribution is 6.30. The Morgan fingerprint density at radius 1 is 1.06 bits per heavy atom. The number of hydrogen-bond acceptors (Lipinski definition) is 5. The lowest BCUT2D eigenvalue weighted by Gasteiger charge is -2.28. The molecule has 3 aromatic rings. The van der Waals surface area contributed by atoms with Crippen LogP contribution in [0.4, 0.5) is 4.79 Å². The van der Waals surface area contributed by atoms with Crippen LogP contribution in [-0.4, -0.2) is 36.3 Å². The molecule has 3 heterocycles. The highest BCUT2D eigenvalue weighted by atomic mass is 35.5. The van der Waals surface area contributed by atoms with E-state index in [-0.39, 0.29) is 6.09 Å². The van der Waals surface area contributed by atoms with Crippen LogP contribution in [0.5, 0.6) is 0 Å². The molecule has 1 amide bonds. The van der Waals surface area contributed by atoms with E-state index in [1.807, 2.05) is 39.0 Å². The fraction of sp³-hybridized carbons (Fsp3) is 0.500. The van der Waals surface area contributed by atoms with Gasteiger partial charge in [0, 0.05) is 28.2 Å². The average Bonchev–Trinajstić information content (AvgIpc) is 3.18. The topological polar surface area (TPSA) is 73.1 Å². The third-order valence-electron chi connectivity index (χ3n) is 7.08. The average molecular weight is 508 g/mol. The molecule has 5 rings (SSSR count). The number of halogens is 1. The van der Waals surface area contributed by atoms with Crippen molar-refractivity contribution >= 4 is 17.7 Å². The van der Waals surface area contributed by atoms with Crippen LogP contribution in [0, 0.1) is 0 Å². The van der Waals surface area contributed by atoms with E-state index in [4.69, 9.17) is 21.3 Å². The summed E-state index contributed by atoms with van der Waals surface area (Å²) in [6, 6.07) is 12.2. The summed E-state index contributed by atoms with van der Waals surface area (Å²) in [6.07, 6.45) is 4.79. The summed E-state index contributed by atoms with van der Waals surface area (Å²) in [4.78, 5) is 19.6. The molecule has 1 aliphatic carbocycles. The van der Waals surface area contributed by atoms with Crippen LogP contribution in [0.1, 0.15) is 93.8 Å². The van der Waals surface area contributed by atoms with Crippen LogP contribution in [0.2, 0.25) is 5.02 Å². The smallest absolute Gasteiger partial charge is 0.411 e. The van der Waals surface area contributed by atoms with Crippen LogP contribution in [0.25, 0.3) is 5.69 Å². The van der Waals surface area contributed by atoms with Crippen LogP contribution in [-0.2, 0) is 24.2 Å². The first-order valence-electron chi connectivity index (χ1n) is 12.9. The van der Waals surface area contributed by atoms with Crippen molar-refractivity contribution in [3.63, 3.8) is 0 Å². The number of aromatic nitrogens is 4. The zero-order valence-electron chi connectivity index (χ0n) is 21.5. The van der Waals surface area contributed by atoms with Crippen molar-refractivity contribution < 1.29 is 9.53 Å². The lowest BCUT2D eigenvalue weighted by atomic mass is 9.80. The lowest BCUT2D eigenvalue weighted by molar-refractivity contribution is 0.0214. The van der Waals surface area contributed by atoms with Gasteiger partial charge < -0.3 is 4.74 Å². The Morgan fingerprint density at radius 2 is 1.81 bits per heavy atom. The summed E-state index contributed by atoms with van der Waals surface area (Å²) >= 11 is 6.37. The monoisotopic (exact) mass is 507 g/mol. The van der Waals surface area contributed by atoms with Crippen molar-refractivity contribution in [3.8, 4) is 5.69 Å². The molecule has 0 radical (unpaired) electrons. The van der Waals surface area contributed by atoms with Crippen molar-refractivity contribution in [2.45, 2.75) is 90.3 Å². The molecule has 8 heteroatoms. The summed E-state index contributed by atoms with van der Waals surface area (Å²) in [7, 11) is 0. The first-order chi connectivity index (χ1) is 17.2. The number of aryl methyl sites for hydroxylation is 1. The van der Waals surface area contributed by atoms with Crippen molar-refractivity contribution in [2.75, 3.05) is 0 Å². The van der Waals surface area contributed by atoms with Gasteiger partial charge >= 0.3 is 6.09 Å². The first-order valence-corrected chi connectivity index (χ1v) is 13.3. The number of carbonyl (C=O) groups is 1. The van der Waals surface area contributed by atoms with Gasteiger partial charge in [0.2, 0.25) is 0 Å². The number of benzene rings is 1. The summed E-state index contributed by atoms with van der Waals surface area (Å²) in [6.45, 7) is 8.50. The van der Waals surface area contributed by atoms with Gasteiger partial charge in [-0.1, -0.05) is 24.6 Å². The molecule has 7 nitrogen and oxygen atoms in total. The van der Waals surface area contributed by atoms with E-state index in [2.05, 4.69) is 39.9 Å². The van der Waals surface area contributed by atoms with Crippen LogP contribution >= 0.6 is 11.6 Å². The van der Waals surface area contributed by atoms with Gasteiger partial charge in [-0.3, -0.25) is 14.5 Å². The number of ether oxygens (including phenoxy) is 1. The maximum absolute atomic E-state index is 13.0. The molecule has 0 atom stereocenters. The maximum Gasteiger partial charge on any atom is 0.411 e. The minimum Gasteiger partial charge on any atom is -0.444 e. The molecular weight excluding hydrogens is 474 g/mol. The molecule has 36 heavy (non-hydrogen) atoms.